The zero-order chi connectivity index (χ0) is 13.7. The van der Waals surface area contributed by atoms with Gasteiger partial charge in [0, 0.05) is 18.2 Å². The Hall–Kier alpha value is -1.59. The van der Waals surface area contributed by atoms with Crippen molar-refractivity contribution >= 4 is 11.8 Å². The minimum absolute atomic E-state index is 0.112. The molecule has 0 unspecified atom stereocenters. The SMILES string of the molecule is COCC1(c2ccccc2NC(=O)O)CCNCC1. The summed E-state index contributed by atoms with van der Waals surface area (Å²) in [4.78, 5) is 10.9. The van der Waals surface area contributed by atoms with E-state index in [1.54, 1.807) is 7.11 Å². The maximum absolute atomic E-state index is 10.9. The van der Waals surface area contributed by atoms with E-state index in [0.717, 1.165) is 31.5 Å². The predicted molar refractivity (Wildman–Crippen MR) is 73.7 cm³/mol. The smallest absolute Gasteiger partial charge is 0.409 e. The number of benzene rings is 1. The zero-order valence-corrected chi connectivity index (χ0v) is 11.1. The number of rotatable bonds is 4. The highest BCUT2D eigenvalue weighted by molar-refractivity contribution is 5.84. The van der Waals surface area contributed by atoms with Gasteiger partial charge in [-0.25, -0.2) is 4.79 Å². The fourth-order valence-electron chi connectivity index (χ4n) is 2.84. The third-order valence-electron chi connectivity index (χ3n) is 3.72. The molecule has 1 amide bonds. The second-order valence-corrected chi connectivity index (χ2v) is 4.94. The van der Waals surface area contributed by atoms with Crippen LogP contribution in [0.15, 0.2) is 24.3 Å². The van der Waals surface area contributed by atoms with Crippen molar-refractivity contribution in [1.29, 1.82) is 0 Å². The van der Waals surface area contributed by atoms with Crippen molar-refractivity contribution in [3.63, 3.8) is 0 Å². The molecule has 0 aliphatic carbocycles. The molecule has 0 radical (unpaired) electrons. The zero-order valence-electron chi connectivity index (χ0n) is 11.1. The summed E-state index contributed by atoms with van der Waals surface area (Å²) in [5.41, 5.74) is 1.58. The van der Waals surface area contributed by atoms with E-state index in [9.17, 15) is 4.79 Å². The lowest BCUT2D eigenvalue weighted by molar-refractivity contribution is 0.108. The molecule has 1 aromatic rings. The molecule has 5 nitrogen and oxygen atoms in total. The number of para-hydroxylation sites is 1. The third-order valence-corrected chi connectivity index (χ3v) is 3.72. The number of methoxy groups -OCH3 is 1. The molecule has 0 spiro atoms. The van der Waals surface area contributed by atoms with Gasteiger partial charge in [0.25, 0.3) is 0 Å². The van der Waals surface area contributed by atoms with E-state index < -0.39 is 6.09 Å². The molecule has 19 heavy (non-hydrogen) atoms. The van der Waals surface area contributed by atoms with Crippen molar-refractivity contribution in [2.45, 2.75) is 18.3 Å². The Morgan fingerprint density at radius 1 is 1.42 bits per heavy atom. The Morgan fingerprint density at radius 2 is 2.11 bits per heavy atom. The molecular weight excluding hydrogens is 244 g/mol. The molecule has 0 bridgehead atoms. The summed E-state index contributed by atoms with van der Waals surface area (Å²) in [5.74, 6) is 0. The van der Waals surface area contributed by atoms with Crippen molar-refractivity contribution in [3.8, 4) is 0 Å². The van der Waals surface area contributed by atoms with Crippen molar-refractivity contribution in [1.82, 2.24) is 5.32 Å². The van der Waals surface area contributed by atoms with Crippen LogP contribution in [-0.4, -0.2) is 38.0 Å². The molecule has 0 saturated carbocycles. The second kappa shape index (κ2) is 6.04. The predicted octanol–water partition coefficient (Wildman–Crippen LogP) is 2.04. The van der Waals surface area contributed by atoms with Crippen LogP contribution in [0.1, 0.15) is 18.4 Å². The number of hydrogen-bond acceptors (Lipinski definition) is 3. The van der Waals surface area contributed by atoms with Gasteiger partial charge >= 0.3 is 6.09 Å². The molecule has 3 N–H and O–H groups in total. The van der Waals surface area contributed by atoms with E-state index >= 15 is 0 Å². The fourth-order valence-corrected chi connectivity index (χ4v) is 2.84. The van der Waals surface area contributed by atoms with Gasteiger partial charge in [0.1, 0.15) is 0 Å². The molecule has 1 saturated heterocycles. The second-order valence-electron chi connectivity index (χ2n) is 4.94. The average molecular weight is 264 g/mol. The molecular formula is C14H20N2O3. The first-order chi connectivity index (χ1) is 9.18. The summed E-state index contributed by atoms with van der Waals surface area (Å²) in [7, 11) is 1.69. The molecule has 2 rings (SSSR count). The summed E-state index contributed by atoms with van der Waals surface area (Å²) >= 11 is 0. The first kappa shape index (κ1) is 13.8. The molecule has 5 heteroatoms. The Labute approximate surface area is 113 Å². The van der Waals surface area contributed by atoms with Gasteiger partial charge in [0.15, 0.2) is 0 Å². The van der Waals surface area contributed by atoms with E-state index in [-0.39, 0.29) is 5.41 Å². The van der Waals surface area contributed by atoms with Gasteiger partial charge < -0.3 is 15.2 Å². The van der Waals surface area contributed by atoms with Crippen LogP contribution in [0.2, 0.25) is 0 Å². The van der Waals surface area contributed by atoms with Crippen LogP contribution in [0.4, 0.5) is 10.5 Å². The highest BCUT2D eigenvalue weighted by atomic mass is 16.5. The van der Waals surface area contributed by atoms with Gasteiger partial charge in [0.05, 0.1) is 6.61 Å². The van der Waals surface area contributed by atoms with Crippen LogP contribution >= 0.6 is 0 Å². The van der Waals surface area contributed by atoms with Crippen LogP contribution in [0.5, 0.6) is 0 Å². The molecule has 0 atom stereocenters. The van der Waals surface area contributed by atoms with Crippen molar-refractivity contribution in [3.05, 3.63) is 29.8 Å². The first-order valence-corrected chi connectivity index (χ1v) is 6.47. The largest absolute Gasteiger partial charge is 0.465 e. The third kappa shape index (κ3) is 3.05. The average Bonchev–Trinajstić information content (AvgIpc) is 2.40. The van der Waals surface area contributed by atoms with Gasteiger partial charge in [0.2, 0.25) is 0 Å². The highest BCUT2D eigenvalue weighted by Gasteiger charge is 2.35. The number of hydrogen-bond donors (Lipinski definition) is 3. The molecule has 0 aromatic heterocycles. The van der Waals surface area contributed by atoms with Crippen LogP contribution in [0.3, 0.4) is 0 Å². The summed E-state index contributed by atoms with van der Waals surface area (Å²) in [5, 5.41) is 14.8. The number of piperidine rings is 1. The highest BCUT2D eigenvalue weighted by Crippen LogP contribution is 2.38. The topological polar surface area (TPSA) is 70.6 Å². The number of nitrogens with one attached hydrogen (secondary N) is 2. The van der Waals surface area contributed by atoms with Gasteiger partial charge in [-0.2, -0.15) is 0 Å². The Bertz CT molecular complexity index is 437. The number of amides is 1. The minimum atomic E-state index is -1.03. The van der Waals surface area contributed by atoms with E-state index in [2.05, 4.69) is 10.6 Å². The first-order valence-electron chi connectivity index (χ1n) is 6.47. The Balaban J connectivity index is 2.38. The van der Waals surface area contributed by atoms with E-state index in [1.165, 1.54) is 0 Å². The number of carbonyl (C=O) groups is 1. The molecule has 1 fully saturated rings. The van der Waals surface area contributed by atoms with Crippen molar-refractivity contribution < 1.29 is 14.6 Å². The monoisotopic (exact) mass is 264 g/mol. The van der Waals surface area contributed by atoms with Crippen LogP contribution in [0.25, 0.3) is 0 Å². The Morgan fingerprint density at radius 3 is 2.74 bits per heavy atom. The van der Waals surface area contributed by atoms with Crippen LogP contribution in [-0.2, 0) is 10.2 Å². The van der Waals surface area contributed by atoms with Crippen LogP contribution in [0, 0.1) is 0 Å². The lowest BCUT2D eigenvalue weighted by Gasteiger charge is -2.38. The summed E-state index contributed by atoms with van der Waals surface area (Å²) < 4.78 is 5.40. The molecule has 1 heterocycles. The minimum Gasteiger partial charge on any atom is -0.465 e. The number of carboxylic acid groups (broad SMARTS) is 1. The quantitative estimate of drug-likeness (QED) is 0.778. The van der Waals surface area contributed by atoms with E-state index in [1.807, 2.05) is 24.3 Å². The van der Waals surface area contributed by atoms with Gasteiger partial charge in [-0.1, -0.05) is 18.2 Å². The standard InChI is InChI=1S/C14H20N2O3/c1-19-10-14(6-8-15-9-7-14)11-4-2-3-5-12(11)16-13(17)18/h2-5,15-16H,6-10H2,1H3,(H,17,18). The normalized spacial score (nSPS) is 17.9. The van der Waals surface area contributed by atoms with Gasteiger partial charge in [-0.15, -0.1) is 0 Å². The van der Waals surface area contributed by atoms with Gasteiger partial charge in [-0.05, 0) is 37.6 Å². The maximum Gasteiger partial charge on any atom is 0.409 e. The Kier molecular flexibility index (Phi) is 4.39. The summed E-state index contributed by atoms with van der Waals surface area (Å²) in [6.45, 7) is 2.45. The lowest BCUT2D eigenvalue weighted by Crippen LogP contribution is -2.43. The fraction of sp³-hybridized carbons (Fsp3) is 0.500. The lowest BCUT2D eigenvalue weighted by atomic mass is 9.73. The summed E-state index contributed by atoms with van der Waals surface area (Å²) in [6, 6.07) is 7.59. The van der Waals surface area contributed by atoms with E-state index in [4.69, 9.17) is 9.84 Å². The molecule has 1 aromatic carbocycles. The van der Waals surface area contributed by atoms with E-state index in [0.29, 0.717) is 12.3 Å². The number of anilines is 1. The summed E-state index contributed by atoms with van der Waals surface area (Å²) in [6.07, 6.45) is 0.854. The molecule has 1 aliphatic rings. The molecule has 1 aliphatic heterocycles. The van der Waals surface area contributed by atoms with Gasteiger partial charge in [-0.3, -0.25) is 5.32 Å². The van der Waals surface area contributed by atoms with Crippen molar-refractivity contribution in [2.75, 3.05) is 32.1 Å². The van der Waals surface area contributed by atoms with Crippen LogP contribution < -0.4 is 10.6 Å². The maximum atomic E-state index is 10.9. The molecule has 104 valence electrons. The van der Waals surface area contributed by atoms with Crippen molar-refractivity contribution in [2.24, 2.45) is 0 Å². The number of ether oxygens (including phenoxy) is 1.